The van der Waals surface area contributed by atoms with Crippen LogP contribution in [0.15, 0.2) is 61.2 Å². The Bertz CT molecular complexity index is 1090. The van der Waals surface area contributed by atoms with Crippen molar-refractivity contribution in [2.24, 2.45) is 0 Å². The van der Waals surface area contributed by atoms with Crippen molar-refractivity contribution in [3.05, 3.63) is 72.6 Å². The molecule has 0 aromatic carbocycles. The number of hydrogen-bond donors (Lipinski definition) is 0. The number of pyridine rings is 2. The third-order valence-corrected chi connectivity index (χ3v) is 4.82. The van der Waals surface area contributed by atoms with Gasteiger partial charge in [0.05, 0.1) is 50.4 Å². The monoisotopic (exact) mass is 391 g/mol. The number of carbonyl (C=O) groups is 2. The molecule has 8 nitrogen and oxygen atoms in total. The first kappa shape index (κ1) is 18.7. The van der Waals surface area contributed by atoms with Crippen LogP contribution in [0.1, 0.15) is 24.2 Å². The summed E-state index contributed by atoms with van der Waals surface area (Å²) in [5, 5.41) is 0. The van der Waals surface area contributed by atoms with Crippen LogP contribution < -0.4 is 0 Å². The smallest absolute Gasteiger partial charge is 0.306 e. The van der Waals surface area contributed by atoms with E-state index in [1.165, 1.54) is 7.11 Å². The molecule has 0 saturated carbocycles. The predicted molar refractivity (Wildman–Crippen MR) is 106 cm³/mol. The number of carbonyl (C=O) groups excluding carboxylic acids is 2. The first-order chi connectivity index (χ1) is 14.2. The molecule has 0 saturated heterocycles. The Morgan fingerprint density at radius 3 is 1.97 bits per heavy atom. The minimum atomic E-state index is -0.400. The Balaban J connectivity index is 1.61. The van der Waals surface area contributed by atoms with Gasteiger partial charge in [-0.05, 0) is 24.3 Å². The molecule has 0 spiro atoms. The van der Waals surface area contributed by atoms with Gasteiger partial charge in [0, 0.05) is 18.8 Å². The van der Waals surface area contributed by atoms with Crippen LogP contribution in [0.2, 0.25) is 0 Å². The van der Waals surface area contributed by atoms with Gasteiger partial charge in [-0.25, -0.2) is 9.97 Å². The molecule has 0 radical (unpaired) electrons. The lowest BCUT2D eigenvalue weighted by Gasteiger charge is -2.22. The Labute approximate surface area is 167 Å². The fourth-order valence-electron chi connectivity index (χ4n) is 3.30. The molecule has 0 N–H and O–H groups in total. The van der Waals surface area contributed by atoms with Gasteiger partial charge in [-0.3, -0.25) is 9.59 Å². The maximum absolute atomic E-state index is 12.9. The predicted octanol–water partition coefficient (Wildman–Crippen LogP) is 2.46. The number of nitrogens with zero attached hydrogens (tertiary/aromatic N) is 5. The summed E-state index contributed by atoms with van der Waals surface area (Å²) in [5.41, 5.74) is 3.42. The first-order valence-corrected chi connectivity index (χ1v) is 9.32. The van der Waals surface area contributed by atoms with Crippen LogP contribution in [0.3, 0.4) is 0 Å². The van der Waals surface area contributed by atoms with Crippen LogP contribution in [0.5, 0.6) is 0 Å². The van der Waals surface area contributed by atoms with E-state index >= 15 is 0 Å². The van der Waals surface area contributed by atoms with E-state index in [2.05, 4.69) is 14.7 Å². The standard InChI is InChI=1S/C21H21N5O3/c1-29-21(28)9-8-20(27)24(14-16-12-22-18-6-2-4-10-25(16)18)15-17-13-23-19-7-3-5-11-26(17)19/h2-7,10-13H,8-9,14-15H2,1H3. The Kier molecular flexibility index (Phi) is 5.24. The van der Waals surface area contributed by atoms with E-state index in [-0.39, 0.29) is 18.7 Å². The normalized spacial score (nSPS) is 11.1. The summed E-state index contributed by atoms with van der Waals surface area (Å²) in [6, 6.07) is 11.5. The summed E-state index contributed by atoms with van der Waals surface area (Å²) in [7, 11) is 1.32. The zero-order valence-corrected chi connectivity index (χ0v) is 16.1. The number of aromatic nitrogens is 4. The van der Waals surface area contributed by atoms with Crippen molar-refractivity contribution in [2.75, 3.05) is 7.11 Å². The van der Waals surface area contributed by atoms with Crippen molar-refractivity contribution in [1.82, 2.24) is 23.7 Å². The summed E-state index contributed by atoms with van der Waals surface area (Å²) in [6.45, 7) is 0.733. The maximum Gasteiger partial charge on any atom is 0.306 e. The SMILES string of the molecule is COC(=O)CCC(=O)N(Cc1cnc2ccccn12)Cc1cnc2ccccn12. The fourth-order valence-corrected chi connectivity index (χ4v) is 3.30. The van der Waals surface area contributed by atoms with Crippen LogP contribution in [-0.2, 0) is 27.4 Å². The summed E-state index contributed by atoms with van der Waals surface area (Å²) in [4.78, 5) is 35.0. The second-order valence-corrected chi connectivity index (χ2v) is 6.68. The molecule has 1 amide bonds. The van der Waals surface area contributed by atoms with Gasteiger partial charge in [0.2, 0.25) is 5.91 Å². The van der Waals surface area contributed by atoms with E-state index in [1.54, 1.807) is 17.3 Å². The van der Waals surface area contributed by atoms with Crippen LogP contribution in [0.4, 0.5) is 0 Å². The molecule has 4 heterocycles. The number of fused-ring (bicyclic) bond motifs is 2. The van der Waals surface area contributed by atoms with E-state index < -0.39 is 5.97 Å². The fraction of sp³-hybridized carbons (Fsp3) is 0.238. The molecule has 148 valence electrons. The van der Waals surface area contributed by atoms with Crippen molar-refractivity contribution in [1.29, 1.82) is 0 Å². The number of ether oxygens (including phenoxy) is 1. The van der Waals surface area contributed by atoms with Gasteiger partial charge >= 0.3 is 5.97 Å². The first-order valence-electron chi connectivity index (χ1n) is 9.32. The second kappa shape index (κ2) is 8.14. The number of esters is 1. The highest BCUT2D eigenvalue weighted by atomic mass is 16.5. The average Bonchev–Trinajstić information content (AvgIpc) is 3.36. The lowest BCUT2D eigenvalue weighted by atomic mass is 10.2. The van der Waals surface area contributed by atoms with Crippen molar-refractivity contribution in [3.8, 4) is 0 Å². The van der Waals surface area contributed by atoms with Crippen LogP contribution >= 0.6 is 0 Å². The number of imidazole rings is 2. The van der Waals surface area contributed by atoms with Gasteiger partial charge in [0.25, 0.3) is 0 Å². The molecular weight excluding hydrogens is 370 g/mol. The zero-order valence-electron chi connectivity index (χ0n) is 16.1. The molecule has 29 heavy (non-hydrogen) atoms. The van der Waals surface area contributed by atoms with Crippen molar-refractivity contribution < 1.29 is 14.3 Å². The highest BCUT2D eigenvalue weighted by Crippen LogP contribution is 2.15. The molecule has 0 fully saturated rings. The Hall–Kier alpha value is -3.68. The number of rotatable bonds is 7. The van der Waals surface area contributed by atoms with Gasteiger partial charge in [-0.2, -0.15) is 0 Å². The van der Waals surface area contributed by atoms with Gasteiger partial charge in [0.1, 0.15) is 11.3 Å². The molecule has 0 aliphatic rings. The van der Waals surface area contributed by atoms with Gasteiger partial charge < -0.3 is 18.4 Å². The lowest BCUT2D eigenvalue weighted by Crippen LogP contribution is -2.31. The lowest BCUT2D eigenvalue weighted by molar-refractivity contribution is -0.144. The van der Waals surface area contributed by atoms with E-state index in [0.717, 1.165) is 22.7 Å². The van der Waals surface area contributed by atoms with E-state index in [9.17, 15) is 9.59 Å². The van der Waals surface area contributed by atoms with E-state index in [0.29, 0.717) is 13.1 Å². The van der Waals surface area contributed by atoms with Gasteiger partial charge in [-0.15, -0.1) is 0 Å². The minimum Gasteiger partial charge on any atom is -0.469 e. The summed E-state index contributed by atoms with van der Waals surface area (Å²) >= 11 is 0. The molecular formula is C21H21N5O3. The molecule has 0 bridgehead atoms. The van der Waals surface area contributed by atoms with Crippen molar-refractivity contribution >= 4 is 23.2 Å². The molecule has 4 aromatic rings. The molecule has 0 aliphatic heterocycles. The number of amides is 1. The third-order valence-electron chi connectivity index (χ3n) is 4.82. The molecule has 8 heteroatoms. The minimum absolute atomic E-state index is 0.0478. The molecule has 4 rings (SSSR count). The number of hydrogen-bond acceptors (Lipinski definition) is 5. The highest BCUT2D eigenvalue weighted by Gasteiger charge is 2.19. The Morgan fingerprint density at radius 2 is 1.45 bits per heavy atom. The van der Waals surface area contributed by atoms with Gasteiger partial charge in [0.15, 0.2) is 0 Å². The van der Waals surface area contributed by atoms with Crippen LogP contribution in [0, 0.1) is 0 Å². The van der Waals surface area contributed by atoms with Crippen LogP contribution in [0.25, 0.3) is 11.3 Å². The van der Waals surface area contributed by atoms with E-state index in [1.807, 2.05) is 57.6 Å². The quantitative estimate of drug-likeness (QED) is 0.452. The van der Waals surface area contributed by atoms with Crippen molar-refractivity contribution in [3.63, 3.8) is 0 Å². The van der Waals surface area contributed by atoms with Gasteiger partial charge in [-0.1, -0.05) is 12.1 Å². The van der Waals surface area contributed by atoms with E-state index in [4.69, 9.17) is 0 Å². The molecule has 0 unspecified atom stereocenters. The highest BCUT2D eigenvalue weighted by molar-refractivity contribution is 5.81. The molecule has 4 aromatic heterocycles. The summed E-state index contributed by atoms with van der Waals surface area (Å²) in [5.74, 6) is -0.532. The number of methoxy groups -OCH3 is 1. The average molecular weight is 391 g/mol. The third kappa shape index (κ3) is 3.96. The summed E-state index contributed by atoms with van der Waals surface area (Å²) in [6.07, 6.45) is 7.51. The topological polar surface area (TPSA) is 81.2 Å². The maximum atomic E-state index is 12.9. The summed E-state index contributed by atoms with van der Waals surface area (Å²) < 4.78 is 8.58. The second-order valence-electron chi connectivity index (χ2n) is 6.68. The molecule has 0 atom stereocenters. The molecule has 0 aliphatic carbocycles. The Morgan fingerprint density at radius 1 is 0.897 bits per heavy atom. The zero-order chi connectivity index (χ0) is 20.2. The van der Waals surface area contributed by atoms with Crippen LogP contribution in [-0.4, -0.2) is 42.7 Å². The van der Waals surface area contributed by atoms with Crippen molar-refractivity contribution in [2.45, 2.75) is 25.9 Å². The largest absolute Gasteiger partial charge is 0.469 e.